The Labute approximate surface area is 129 Å². The van der Waals surface area contributed by atoms with Gasteiger partial charge in [0.2, 0.25) is 5.91 Å². The van der Waals surface area contributed by atoms with Gasteiger partial charge in [-0.15, -0.1) is 0 Å². The fraction of sp³-hybridized carbons (Fsp3) is 0.222. The molecule has 0 N–H and O–H groups in total. The lowest BCUT2D eigenvalue weighted by atomic mass is 9.80. The summed E-state index contributed by atoms with van der Waals surface area (Å²) in [4.78, 5) is 25.0. The first-order valence-corrected chi connectivity index (χ1v) is 7.22. The summed E-state index contributed by atoms with van der Waals surface area (Å²) in [5.74, 6) is 0.463. The molecule has 1 aliphatic rings. The Morgan fingerprint density at radius 3 is 2.36 bits per heavy atom. The Balaban J connectivity index is 1.94. The van der Waals surface area contributed by atoms with Gasteiger partial charge >= 0.3 is 0 Å². The lowest BCUT2D eigenvalue weighted by Gasteiger charge is -2.47. The number of nitrogens with zero attached hydrogens (tertiary/aromatic N) is 1. The highest BCUT2D eigenvalue weighted by Gasteiger charge is 2.48. The Hall–Kier alpha value is -2.62. The summed E-state index contributed by atoms with van der Waals surface area (Å²) in [7, 11) is 1.61. The number of amides is 1. The van der Waals surface area contributed by atoms with Crippen LogP contribution in [0.25, 0.3) is 0 Å². The van der Waals surface area contributed by atoms with Crippen LogP contribution in [0.4, 0.5) is 5.69 Å². The maximum Gasteiger partial charge on any atom is 0.233 e. The lowest BCUT2D eigenvalue weighted by Crippen LogP contribution is -2.55. The second-order valence-electron chi connectivity index (χ2n) is 5.27. The van der Waals surface area contributed by atoms with Crippen molar-refractivity contribution in [3.8, 4) is 5.75 Å². The molecule has 1 saturated heterocycles. The standard InChI is InChI=1S/C18H17NO3/c1-22-15-9-7-14(8-10-15)19-17(13-5-3-2-4-6-13)16(11-12-20)18(19)21/h2-10,12,16-17H,11H2,1H3. The van der Waals surface area contributed by atoms with E-state index < -0.39 is 0 Å². The second-order valence-corrected chi connectivity index (χ2v) is 5.27. The van der Waals surface area contributed by atoms with Crippen molar-refractivity contribution in [2.24, 2.45) is 5.92 Å². The summed E-state index contributed by atoms with van der Waals surface area (Å²) >= 11 is 0. The normalized spacial score (nSPS) is 20.4. The first-order valence-electron chi connectivity index (χ1n) is 7.22. The number of hydrogen-bond donors (Lipinski definition) is 0. The molecule has 0 aromatic heterocycles. The van der Waals surface area contributed by atoms with Crippen LogP contribution in [0.1, 0.15) is 18.0 Å². The maximum absolute atomic E-state index is 12.4. The van der Waals surface area contributed by atoms with E-state index in [1.54, 1.807) is 12.0 Å². The molecule has 0 bridgehead atoms. The Morgan fingerprint density at radius 2 is 1.77 bits per heavy atom. The number of carbonyl (C=O) groups excluding carboxylic acids is 2. The number of hydrogen-bond acceptors (Lipinski definition) is 3. The fourth-order valence-corrected chi connectivity index (χ4v) is 2.94. The number of β-lactam (4-membered cyclic amide) rings is 1. The molecule has 2 aromatic rings. The van der Waals surface area contributed by atoms with Crippen LogP contribution >= 0.6 is 0 Å². The highest BCUT2D eigenvalue weighted by atomic mass is 16.5. The summed E-state index contributed by atoms with van der Waals surface area (Å²) in [5, 5.41) is 0. The van der Waals surface area contributed by atoms with E-state index >= 15 is 0 Å². The van der Waals surface area contributed by atoms with E-state index in [2.05, 4.69) is 0 Å². The molecule has 1 aliphatic heterocycles. The highest BCUT2D eigenvalue weighted by molar-refractivity contribution is 6.04. The number of anilines is 1. The molecule has 0 spiro atoms. The van der Waals surface area contributed by atoms with Crippen LogP contribution in [-0.2, 0) is 9.59 Å². The van der Waals surface area contributed by atoms with Crippen LogP contribution in [0.5, 0.6) is 5.75 Å². The largest absolute Gasteiger partial charge is 0.497 e. The van der Waals surface area contributed by atoms with Gasteiger partial charge in [-0.3, -0.25) is 4.79 Å². The van der Waals surface area contributed by atoms with Crippen molar-refractivity contribution in [1.29, 1.82) is 0 Å². The van der Waals surface area contributed by atoms with Crippen molar-refractivity contribution in [2.75, 3.05) is 12.0 Å². The molecule has 3 rings (SSSR count). The topological polar surface area (TPSA) is 46.6 Å². The number of methoxy groups -OCH3 is 1. The predicted molar refractivity (Wildman–Crippen MR) is 83.8 cm³/mol. The summed E-state index contributed by atoms with van der Waals surface area (Å²) < 4.78 is 5.15. The zero-order chi connectivity index (χ0) is 15.5. The second kappa shape index (κ2) is 6.02. The third kappa shape index (κ3) is 2.37. The van der Waals surface area contributed by atoms with Gasteiger partial charge in [-0.25, -0.2) is 0 Å². The minimum absolute atomic E-state index is 0.00822. The minimum Gasteiger partial charge on any atom is -0.497 e. The summed E-state index contributed by atoms with van der Waals surface area (Å²) in [6.45, 7) is 0. The monoisotopic (exact) mass is 295 g/mol. The molecule has 4 heteroatoms. The van der Waals surface area contributed by atoms with Crippen LogP contribution in [0, 0.1) is 5.92 Å². The van der Waals surface area contributed by atoms with Crippen molar-refractivity contribution in [1.82, 2.24) is 0 Å². The molecular weight excluding hydrogens is 278 g/mol. The molecule has 0 aliphatic carbocycles. The third-order valence-electron chi connectivity index (χ3n) is 4.06. The fourth-order valence-electron chi connectivity index (χ4n) is 2.94. The van der Waals surface area contributed by atoms with Crippen molar-refractivity contribution in [2.45, 2.75) is 12.5 Å². The lowest BCUT2D eigenvalue weighted by molar-refractivity contribution is -0.132. The zero-order valence-electron chi connectivity index (χ0n) is 12.3. The van der Waals surface area contributed by atoms with E-state index in [-0.39, 0.29) is 24.3 Å². The number of carbonyl (C=O) groups is 2. The summed E-state index contributed by atoms with van der Waals surface area (Å²) in [6.07, 6.45) is 1.08. The zero-order valence-corrected chi connectivity index (χ0v) is 12.3. The number of rotatable bonds is 5. The van der Waals surface area contributed by atoms with Crippen LogP contribution in [0.3, 0.4) is 0 Å². The van der Waals surface area contributed by atoms with Gasteiger partial charge < -0.3 is 14.4 Å². The van der Waals surface area contributed by atoms with Crippen LogP contribution in [0.2, 0.25) is 0 Å². The van der Waals surface area contributed by atoms with Crippen molar-refractivity contribution in [3.05, 3.63) is 60.2 Å². The summed E-state index contributed by atoms with van der Waals surface area (Å²) in [5.41, 5.74) is 1.87. The first-order chi connectivity index (χ1) is 10.8. The van der Waals surface area contributed by atoms with E-state index in [9.17, 15) is 9.59 Å². The van der Waals surface area contributed by atoms with E-state index in [1.165, 1.54) is 0 Å². The van der Waals surface area contributed by atoms with Gasteiger partial charge in [-0.05, 0) is 29.8 Å². The Kier molecular flexibility index (Phi) is 3.92. The van der Waals surface area contributed by atoms with Crippen molar-refractivity contribution < 1.29 is 14.3 Å². The molecule has 2 unspecified atom stereocenters. The van der Waals surface area contributed by atoms with Gasteiger partial charge in [0.1, 0.15) is 12.0 Å². The smallest absolute Gasteiger partial charge is 0.233 e. The Morgan fingerprint density at radius 1 is 1.09 bits per heavy atom. The third-order valence-corrected chi connectivity index (χ3v) is 4.06. The van der Waals surface area contributed by atoms with Gasteiger partial charge in [-0.1, -0.05) is 30.3 Å². The Bertz CT molecular complexity index is 666. The molecule has 1 heterocycles. The molecule has 1 amide bonds. The number of aldehydes is 1. The molecule has 2 atom stereocenters. The van der Waals surface area contributed by atoms with Crippen LogP contribution in [0.15, 0.2) is 54.6 Å². The van der Waals surface area contributed by atoms with Crippen LogP contribution < -0.4 is 9.64 Å². The van der Waals surface area contributed by atoms with E-state index in [4.69, 9.17) is 4.74 Å². The van der Waals surface area contributed by atoms with Gasteiger partial charge in [0.25, 0.3) is 0 Å². The van der Waals surface area contributed by atoms with Crippen molar-refractivity contribution in [3.63, 3.8) is 0 Å². The van der Waals surface area contributed by atoms with Gasteiger partial charge in [0, 0.05) is 12.1 Å². The van der Waals surface area contributed by atoms with E-state index in [0.29, 0.717) is 0 Å². The molecule has 112 valence electrons. The molecule has 0 radical (unpaired) electrons. The SMILES string of the molecule is COc1ccc(N2C(=O)C(CC=O)C2c2ccccc2)cc1. The average Bonchev–Trinajstić information content (AvgIpc) is 2.58. The molecule has 2 aromatic carbocycles. The predicted octanol–water partition coefficient (Wildman–Crippen LogP) is 2.99. The first kappa shape index (κ1) is 14.3. The summed E-state index contributed by atoms with van der Waals surface area (Å²) in [6, 6.07) is 17.1. The molecule has 0 saturated carbocycles. The quantitative estimate of drug-likeness (QED) is 0.629. The molecule has 4 nitrogen and oxygen atoms in total. The molecule has 22 heavy (non-hydrogen) atoms. The maximum atomic E-state index is 12.4. The van der Waals surface area contributed by atoms with E-state index in [0.717, 1.165) is 23.3 Å². The highest BCUT2D eigenvalue weighted by Crippen LogP contribution is 2.44. The van der Waals surface area contributed by atoms with Gasteiger partial charge in [0.05, 0.1) is 19.1 Å². The van der Waals surface area contributed by atoms with Crippen molar-refractivity contribution >= 4 is 17.9 Å². The van der Waals surface area contributed by atoms with E-state index in [1.807, 2.05) is 54.6 Å². The minimum atomic E-state index is -0.276. The van der Waals surface area contributed by atoms with Crippen LogP contribution in [-0.4, -0.2) is 19.3 Å². The van der Waals surface area contributed by atoms with Gasteiger partial charge in [-0.2, -0.15) is 0 Å². The molecule has 1 fully saturated rings. The number of benzene rings is 2. The van der Waals surface area contributed by atoms with Gasteiger partial charge in [0.15, 0.2) is 0 Å². The average molecular weight is 295 g/mol. The number of ether oxygens (including phenoxy) is 1. The molecular formula is C18H17NO3.